The number of imidazole rings is 1. The average Bonchev–Trinajstić information content (AvgIpc) is 2.84. The van der Waals surface area contributed by atoms with Crippen LogP contribution in [-0.2, 0) is 11.3 Å². The van der Waals surface area contributed by atoms with Gasteiger partial charge in [-0.15, -0.1) is 0 Å². The molecule has 0 spiro atoms. The number of carbonyl (C=O) groups excluding carboxylic acids is 1. The van der Waals surface area contributed by atoms with Crippen molar-refractivity contribution in [2.24, 2.45) is 5.73 Å². The topological polar surface area (TPSA) is 72.9 Å². The number of nitrogens with one attached hydrogen (secondary N) is 1. The predicted octanol–water partition coefficient (Wildman–Crippen LogP) is 0.907. The highest BCUT2D eigenvalue weighted by molar-refractivity contribution is 5.81. The summed E-state index contributed by atoms with van der Waals surface area (Å²) in [5.41, 5.74) is 5.75. The van der Waals surface area contributed by atoms with Crippen LogP contribution >= 0.6 is 0 Å². The third-order valence-electron chi connectivity index (χ3n) is 2.66. The Kier molecular flexibility index (Phi) is 6.32. The number of nitrogens with two attached hydrogens (primary N) is 1. The molecule has 1 aromatic heterocycles. The van der Waals surface area contributed by atoms with Crippen molar-refractivity contribution >= 4 is 5.91 Å². The van der Waals surface area contributed by atoms with Crippen LogP contribution in [0.2, 0.25) is 0 Å². The first-order valence-electron chi connectivity index (χ1n) is 6.23. The van der Waals surface area contributed by atoms with Gasteiger partial charge in [0.05, 0.1) is 12.4 Å². The van der Waals surface area contributed by atoms with E-state index >= 15 is 0 Å². The molecule has 1 atom stereocenters. The number of carbonyl (C=O) groups is 1. The number of aryl methyl sites for hydroxylation is 1. The van der Waals surface area contributed by atoms with Crippen LogP contribution in [0.1, 0.15) is 32.6 Å². The Morgan fingerprint density at radius 2 is 2.35 bits per heavy atom. The Labute approximate surface area is 102 Å². The molecular formula is C12H22N4O. The molecule has 17 heavy (non-hydrogen) atoms. The van der Waals surface area contributed by atoms with Gasteiger partial charge in [0.1, 0.15) is 0 Å². The molecule has 0 fully saturated rings. The molecule has 96 valence electrons. The maximum Gasteiger partial charge on any atom is 0.236 e. The zero-order chi connectivity index (χ0) is 12.5. The minimum absolute atomic E-state index is 0.0379. The van der Waals surface area contributed by atoms with Crippen molar-refractivity contribution in [3.05, 3.63) is 18.7 Å². The second-order valence-corrected chi connectivity index (χ2v) is 4.19. The van der Waals surface area contributed by atoms with Gasteiger partial charge in [0.25, 0.3) is 0 Å². The molecule has 1 amide bonds. The summed E-state index contributed by atoms with van der Waals surface area (Å²) in [5, 5.41) is 2.86. The summed E-state index contributed by atoms with van der Waals surface area (Å²) in [6, 6.07) is -0.358. The van der Waals surface area contributed by atoms with Gasteiger partial charge >= 0.3 is 0 Å². The van der Waals surface area contributed by atoms with Gasteiger partial charge < -0.3 is 15.6 Å². The highest BCUT2D eigenvalue weighted by atomic mass is 16.2. The first kappa shape index (κ1) is 13.7. The molecule has 5 nitrogen and oxygen atoms in total. The fourth-order valence-corrected chi connectivity index (χ4v) is 1.58. The largest absolute Gasteiger partial charge is 0.355 e. The van der Waals surface area contributed by atoms with Gasteiger partial charge in [-0.05, 0) is 12.8 Å². The Bertz CT molecular complexity index is 310. The van der Waals surface area contributed by atoms with Gasteiger partial charge in [0, 0.05) is 25.5 Å². The van der Waals surface area contributed by atoms with Crippen LogP contribution in [0.4, 0.5) is 0 Å². The highest BCUT2D eigenvalue weighted by Crippen LogP contribution is 1.98. The minimum atomic E-state index is -0.358. The van der Waals surface area contributed by atoms with E-state index in [9.17, 15) is 4.79 Å². The molecule has 0 saturated carbocycles. The van der Waals surface area contributed by atoms with Crippen molar-refractivity contribution in [3.63, 3.8) is 0 Å². The van der Waals surface area contributed by atoms with E-state index in [0.29, 0.717) is 6.54 Å². The molecule has 1 rings (SSSR count). The molecule has 3 N–H and O–H groups in total. The van der Waals surface area contributed by atoms with Crippen LogP contribution in [-0.4, -0.2) is 28.0 Å². The molecule has 1 heterocycles. The van der Waals surface area contributed by atoms with E-state index in [2.05, 4.69) is 17.2 Å². The third-order valence-corrected chi connectivity index (χ3v) is 2.66. The number of hydrogen-bond donors (Lipinski definition) is 2. The number of nitrogens with zero attached hydrogens (tertiary/aromatic N) is 2. The lowest BCUT2D eigenvalue weighted by molar-refractivity contribution is -0.122. The van der Waals surface area contributed by atoms with Gasteiger partial charge in [-0.1, -0.05) is 19.8 Å². The Hall–Kier alpha value is -1.36. The molecule has 0 aliphatic heterocycles. The van der Waals surface area contributed by atoms with Crippen molar-refractivity contribution in [1.29, 1.82) is 0 Å². The van der Waals surface area contributed by atoms with Crippen molar-refractivity contribution in [2.45, 2.75) is 45.2 Å². The Morgan fingerprint density at radius 3 is 3.00 bits per heavy atom. The minimum Gasteiger partial charge on any atom is -0.355 e. The van der Waals surface area contributed by atoms with Crippen molar-refractivity contribution in [3.8, 4) is 0 Å². The molecular weight excluding hydrogens is 216 g/mol. The molecule has 5 heteroatoms. The predicted molar refractivity (Wildman–Crippen MR) is 67.4 cm³/mol. The summed E-state index contributed by atoms with van der Waals surface area (Å²) in [6.07, 6.45) is 9.17. The lowest BCUT2D eigenvalue weighted by atomic mass is 10.1. The normalized spacial score (nSPS) is 12.4. The van der Waals surface area contributed by atoms with E-state index in [1.54, 1.807) is 12.5 Å². The maximum absolute atomic E-state index is 11.6. The van der Waals surface area contributed by atoms with E-state index in [1.807, 2.05) is 10.8 Å². The van der Waals surface area contributed by atoms with Gasteiger partial charge in [0.2, 0.25) is 5.91 Å². The van der Waals surface area contributed by atoms with Gasteiger partial charge in [-0.3, -0.25) is 4.79 Å². The monoisotopic (exact) mass is 238 g/mol. The first-order chi connectivity index (χ1) is 8.24. The van der Waals surface area contributed by atoms with Crippen molar-refractivity contribution < 1.29 is 4.79 Å². The summed E-state index contributed by atoms with van der Waals surface area (Å²) in [4.78, 5) is 15.5. The number of rotatable bonds is 8. The lowest BCUT2D eigenvalue weighted by Gasteiger charge is -2.11. The van der Waals surface area contributed by atoms with Gasteiger partial charge in [0.15, 0.2) is 0 Å². The van der Waals surface area contributed by atoms with Gasteiger partial charge in [-0.2, -0.15) is 0 Å². The van der Waals surface area contributed by atoms with E-state index < -0.39 is 0 Å². The molecule has 1 aromatic rings. The van der Waals surface area contributed by atoms with Crippen LogP contribution in [0.3, 0.4) is 0 Å². The third kappa shape index (κ3) is 5.49. The first-order valence-corrected chi connectivity index (χ1v) is 6.23. The molecule has 0 aliphatic rings. The number of aromatic nitrogens is 2. The average molecular weight is 238 g/mol. The Balaban J connectivity index is 2.07. The molecule has 0 bridgehead atoms. The maximum atomic E-state index is 11.6. The van der Waals surface area contributed by atoms with Crippen molar-refractivity contribution in [2.75, 3.05) is 6.54 Å². The number of hydrogen-bond acceptors (Lipinski definition) is 3. The quantitative estimate of drug-likeness (QED) is 0.661. The van der Waals surface area contributed by atoms with Crippen LogP contribution in [0, 0.1) is 0 Å². The summed E-state index contributed by atoms with van der Waals surface area (Å²) in [5.74, 6) is -0.0379. The van der Waals surface area contributed by atoms with E-state index in [-0.39, 0.29) is 11.9 Å². The summed E-state index contributed by atoms with van der Waals surface area (Å²) in [7, 11) is 0. The molecule has 1 unspecified atom stereocenters. The van der Waals surface area contributed by atoms with Crippen LogP contribution in [0.15, 0.2) is 18.7 Å². The van der Waals surface area contributed by atoms with Crippen LogP contribution in [0.25, 0.3) is 0 Å². The standard InChI is InChI=1S/C12H22N4O/c1-2-3-5-11(13)12(17)15-6-4-8-16-9-7-14-10-16/h7,9-11H,2-6,8,13H2,1H3,(H,15,17). The highest BCUT2D eigenvalue weighted by Gasteiger charge is 2.11. The summed E-state index contributed by atoms with van der Waals surface area (Å²) in [6.45, 7) is 3.62. The number of amides is 1. The molecule has 0 saturated heterocycles. The van der Waals surface area contributed by atoms with E-state index in [1.165, 1.54) is 0 Å². The van der Waals surface area contributed by atoms with Crippen LogP contribution < -0.4 is 11.1 Å². The van der Waals surface area contributed by atoms with Gasteiger partial charge in [-0.25, -0.2) is 4.98 Å². The lowest BCUT2D eigenvalue weighted by Crippen LogP contribution is -2.41. The number of unbranched alkanes of at least 4 members (excludes halogenated alkanes) is 1. The summed E-state index contributed by atoms with van der Waals surface area (Å²) >= 11 is 0. The van der Waals surface area contributed by atoms with Crippen LogP contribution in [0.5, 0.6) is 0 Å². The smallest absolute Gasteiger partial charge is 0.236 e. The zero-order valence-corrected chi connectivity index (χ0v) is 10.4. The summed E-state index contributed by atoms with van der Waals surface area (Å²) < 4.78 is 1.99. The fraction of sp³-hybridized carbons (Fsp3) is 0.667. The van der Waals surface area contributed by atoms with E-state index in [4.69, 9.17) is 5.73 Å². The second kappa shape index (κ2) is 7.84. The fourth-order valence-electron chi connectivity index (χ4n) is 1.58. The molecule has 0 radical (unpaired) electrons. The van der Waals surface area contributed by atoms with Crippen molar-refractivity contribution in [1.82, 2.24) is 14.9 Å². The second-order valence-electron chi connectivity index (χ2n) is 4.19. The molecule has 0 aromatic carbocycles. The molecule has 0 aliphatic carbocycles. The zero-order valence-electron chi connectivity index (χ0n) is 10.4. The SMILES string of the molecule is CCCCC(N)C(=O)NCCCn1ccnc1. The Morgan fingerprint density at radius 1 is 1.53 bits per heavy atom. The van der Waals surface area contributed by atoms with E-state index in [0.717, 1.165) is 32.2 Å².